The zero-order chi connectivity index (χ0) is 10.4. The molecule has 1 heterocycles. The van der Waals surface area contributed by atoms with E-state index in [0.717, 1.165) is 23.6 Å². The smallest absolute Gasteiger partial charge is 0.127 e. The summed E-state index contributed by atoms with van der Waals surface area (Å²) in [5.41, 5.74) is 7.61. The van der Waals surface area contributed by atoms with E-state index in [4.69, 9.17) is 5.73 Å². The molecule has 0 aliphatic rings. The molecule has 1 rings (SSSR count). The highest BCUT2D eigenvalue weighted by Crippen LogP contribution is 2.13. The van der Waals surface area contributed by atoms with Crippen molar-refractivity contribution in [2.45, 2.75) is 33.1 Å². The lowest BCUT2D eigenvalue weighted by molar-refractivity contribution is 0.742. The second-order valence-electron chi connectivity index (χ2n) is 3.56. The third-order valence-corrected chi connectivity index (χ3v) is 2.23. The summed E-state index contributed by atoms with van der Waals surface area (Å²) in [7, 11) is 0. The van der Waals surface area contributed by atoms with E-state index in [9.17, 15) is 0 Å². The van der Waals surface area contributed by atoms with Gasteiger partial charge < -0.3 is 11.1 Å². The molecule has 3 N–H and O–H groups in total. The molecule has 3 heteroatoms. The van der Waals surface area contributed by atoms with Crippen molar-refractivity contribution in [2.24, 2.45) is 0 Å². The van der Waals surface area contributed by atoms with Crippen LogP contribution in [-0.2, 0) is 0 Å². The van der Waals surface area contributed by atoms with E-state index in [-0.39, 0.29) is 0 Å². The lowest BCUT2D eigenvalue weighted by Gasteiger charge is -2.06. The summed E-state index contributed by atoms with van der Waals surface area (Å²) in [4.78, 5) is 4.25. The minimum atomic E-state index is 0.804. The Morgan fingerprint density at radius 3 is 2.86 bits per heavy atom. The fourth-order valence-corrected chi connectivity index (χ4v) is 1.23. The standard InChI is InChI=1S/C11H19N3/c1-3-4-5-6-13-11-7-10(12)9(2)8-14-11/h7-8H,3-6H2,1-2H3,(H3,12,13,14). The van der Waals surface area contributed by atoms with Gasteiger partial charge in [0, 0.05) is 24.5 Å². The van der Waals surface area contributed by atoms with Gasteiger partial charge in [-0.05, 0) is 18.9 Å². The topological polar surface area (TPSA) is 50.9 Å². The molecular formula is C11H19N3. The van der Waals surface area contributed by atoms with E-state index in [2.05, 4.69) is 17.2 Å². The van der Waals surface area contributed by atoms with Gasteiger partial charge in [-0.1, -0.05) is 19.8 Å². The molecule has 0 fully saturated rings. The van der Waals surface area contributed by atoms with Crippen LogP contribution in [0.25, 0.3) is 0 Å². The average Bonchev–Trinajstić information content (AvgIpc) is 2.18. The van der Waals surface area contributed by atoms with Crippen molar-refractivity contribution in [1.82, 2.24) is 4.98 Å². The third kappa shape index (κ3) is 3.24. The maximum Gasteiger partial charge on any atom is 0.127 e. The largest absolute Gasteiger partial charge is 0.398 e. The minimum Gasteiger partial charge on any atom is -0.398 e. The third-order valence-electron chi connectivity index (χ3n) is 2.23. The highest BCUT2D eigenvalue weighted by atomic mass is 15.0. The van der Waals surface area contributed by atoms with Crippen LogP contribution < -0.4 is 11.1 Å². The molecule has 0 saturated heterocycles. The van der Waals surface area contributed by atoms with Crippen LogP contribution in [0.15, 0.2) is 12.3 Å². The van der Waals surface area contributed by atoms with Gasteiger partial charge in [0.15, 0.2) is 0 Å². The molecule has 0 bridgehead atoms. The normalized spacial score (nSPS) is 10.1. The van der Waals surface area contributed by atoms with Crippen molar-refractivity contribution in [3.05, 3.63) is 17.8 Å². The first-order valence-electron chi connectivity index (χ1n) is 5.20. The Bertz CT molecular complexity index is 284. The SMILES string of the molecule is CCCCCNc1cc(N)c(C)cn1. The van der Waals surface area contributed by atoms with E-state index in [1.807, 2.05) is 13.0 Å². The van der Waals surface area contributed by atoms with Gasteiger partial charge in [0.25, 0.3) is 0 Å². The predicted molar refractivity (Wildman–Crippen MR) is 61.4 cm³/mol. The number of nitrogens with two attached hydrogens (primary N) is 1. The van der Waals surface area contributed by atoms with Crippen LogP contribution in [-0.4, -0.2) is 11.5 Å². The summed E-state index contributed by atoms with van der Waals surface area (Å²) in [5, 5.41) is 3.26. The number of nitrogen functional groups attached to an aromatic ring is 1. The summed E-state index contributed by atoms with van der Waals surface area (Å²) in [6.45, 7) is 5.13. The van der Waals surface area contributed by atoms with E-state index in [1.165, 1.54) is 19.3 Å². The summed E-state index contributed by atoms with van der Waals surface area (Å²) in [5.74, 6) is 0.879. The number of hydrogen-bond donors (Lipinski definition) is 2. The van der Waals surface area contributed by atoms with Crippen LogP contribution >= 0.6 is 0 Å². The van der Waals surface area contributed by atoms with Crippen molar-refractivity contribution in [1.29, 1.82) is 0 Å². The molecule has 1 aromatic heterocycles. The lowest BCUT2D eigenvalue weighted by Crippen LogP contribution is -2.04. The molecule has 0 atom stereocenters. The molecule has 0 spiro atoms. The Balaban J connectivity index is 2.39. The minimum absolute atomic E-state index is 0.804. The van der Waals surface area contributed by atoms with E-state index < -0.39 is 0 Å². The van der Waals surface area contributed by atoms with E-state index >= 15 is 0 Å². The van der Waals surface area contributed by atoms with Gasteiger partial charge >= 0.3 is 0 Å². The van der Waals surface area contributed by atoms with Gasteiger partial charge in [-0.25, -0.2) is 4.98 Å². The number of hydrogen-bond acceptors (Lipinski definition) is 3. The van der Waals surface area contributed by atoms with Crippen LogP contribution in [0.2, 0.25) is 0 Å². The lowest BCUT2D eigenvalue weighted by atomic mass is 10.2. The van der Waals surface area contributed by atoms with Crippen LogP contribution in [0.4, 0.5) is 11.5 Å². The Hall–Kier alpha value is -1.25. The highest BCUT2D eigenvalue weighted by Gasteiger charge is 1.96. The van der Waals surface area contributed by atoms with Crippen molar-refractivity contribution < 1.29 is 0 Å². The van der Waals surface area contributed by atoms with Crippen LogP contribution in [0.3, 0.4) is 0 Å². The maximum absolute atomic E-state index is 5.77. The Kier molecular flexibility index (Phi) is 4.23. The van der Waals surface area contributed by atoms with E-state index in [1.54, 1.807) is 6.20 Å². The zero-order valence-corrected chi connectivity index (χ0v) is 9.01. The number of aromatic nitrogens is 1. The fraction of sp³-hybridized carbons (Fsp3) is 0.545. The second-order valence-corrected chi connectivity index (χ2v) is 3.56. The summed E-state index contributed by atoms with van der Waals surface area (Å²) in [6, 6.07) is 1.89. The Morgan fingerprint density at radius 1 is 1.43 bits per heavy atom. The zero-order valence-electron chi connectivity index (χ0n) is 9.01. The van der Waals surface area contributed by atoms with Gasteiger partial charge in [0.1, 0.15) is 5.82 Å². The van der Waals surface area contributed by atoms with Gasteiger partial charge in [0.2, 0.25) is 0 Å². The molecule has 0 amide bonds. The van der Waals surface area contributed by atoms with Crippen molar-refractivity contribution in [2.75, 3.05) is 17.6 Å². The Morgan fingerprint density at radius 2 is 2.21 bits per heavy atom. The first-order valence-corrected chi connectivity index (χ1v) is 5.20. The first-order chi connectivity index (χ1) is 6.74. The molecule has 0 aliphatic heterocycles. The first kappa shape index (κ1) is 10.8. The number of nitrogens with zero attached hydrogens (tertiary/aromatic N) is 1. The number of aryl methyl sites for hydroxylation is 1. The number of rotatable bonds is 5. The molecule has 0 radical (unpaired) electrons. The highest BCUT2D eigenvalue weighted by molar-refractivity contribution is 5.53. The summed E-state index contributed by atoms with van der Waals surface area (Å²) >= 11 is 0. The summed E-state index contributed by atoms with van der Waals surface area (Å²) in [6.07, 6.45) is 5.49. The quantitative estimate of drug-likeness (QED) is 0.707. The van der Waals surface area contributed by atoms with Gasteiger partial charge in [-0.3, -0.25) is 0 Å². The molecule has 1 aromatic rings. The molecule has 0 saturated carbocycles. The molecule has 78 valence electrons. The number of nitrogens with one attached hydrogen (secondary N) is 1. The summed E-state index contributed by atoms with van der Waals surface area (Å²) < 4.78 is 0. The number of unbranched alkanes of at least 4 members (excludes halogenated alkanes) is 2. The molecule has 3 nitrogen and oxygen atoms in total. The maximum atomic E-state index is 5.77. The monoisotopic (exact) mass is 193 g/mol. The second kappa shape index (κ2) is 5.47. The molecule has 14 heavy (non-hydrogen) atoms. The van der Waals surface area contributed by atoms with Crippen LogP contribution in [0.1, 0.15) is 31.7 Å². The molecular weight excluding hydrogens is 174 g/mol. The number of anilines is 2. The number of pyridine rings is 1. The predicted octanol–water partition coefficient (Wildman–Crippen LogP) is 2.57. The molecule has 0 aromatic carbocycles. The Labute approximate surface area is 85.7 Å². The van der Waals surface area contributed by atoms with Gasteiger partial charge in [-0.15, -0.1) is 0 Å². The van der Waals surface area contributed by atoms with Gasteiger partial charge in [-0.2, -0.15) is 0 Å². The van der Waals surface area contributed by atoms with Crippen LogP contribution in [0.5, 0.6) is 0 Å². The van der Waals surface area contributed by atoms with E-state index in [0.29, 0.717) is 0 Å². The van der Waals surface area contributed by atoms with Crippen molar-refractivity contribution >= 4 is 11.5 Å². The van der Waals surface area contributed by atoms with Crippen molar-refractivity contribution in [3.8, 4) is 0 Å². The van der Waals surface area contributed by atoms with Crippen molar-refractivity contribution in [3.63, 3.8) is 0 Å². The van der Waals surface area contributed by atoms with Gasteiger partial charge in [0.05, 0.1) is 0 Å². The molecule has 0 aliphatic carbocycles. The average molecular weight is 193 g/mol. The molecule has 0 unspecified atom stereocenters. The van der Waals surface area contributed by atoms with Crippen LogP contribution in [0, 0.1) is 6.92 Å². The fourth-order valence-electron chi connectivity index (χ4n) is 1.23.